The lowest BCUT2D eigenvalue weighted by atomic mass is 10.1. The Hall–Kier alpha value is -3.84. The normalized spacial score (nSPS) is 15.4. The van der Waals surface area contributed by atoms with Gasteiger partial charge in [0.2, 0.25) is 5.91 Å². The van der Waals surface area contributed by atoms with Crippen molar-refractivity contribution in [1.82, 2.24) is 15.1 Å². The summed E-state index contributed by atoms with van der Waals surface area (Å²) in [5.74, 6) is -0.593. The number of rotatable bonds is 5. The summed E-state index contributed by atoms with van der Waals surface area (Å²) in [6.45, 7) is 2.92. The molecule has 0 bridgehead atoms. The van der Waals surface area contributed by atoms with Crippen molar-refractivity contribution in [3.8, 4) is 0 Å². The Bertz CT molecular complexity index is 1180. The van der Waals surface area contributed by atoms with Gasteiger partial charge < -0.3 is 20.4 Å². The Balaban J connectivity index is 1.50. The van der Waals surface area contributed by atoms with Crippen molar-refractivity contribution in [3.05, 3.63) is 101 Å². The number of aryl methyl sites for hydroxylation is 1. The van der Waals surface area contributed by atoms with Crippen LogP contribution in [0.5, 0.6) is 0 Å². The van der Waals surface area contributed by atoms with Gasteiger partial charge in [-0.1, -0.05) is 59.6 Å². The molecular formula is C27H27ClN4O3. The number of carbonyl (C=O) groups excluding carboxylic acids is 3. The van der Waals surface area contributed by atoms with Crippen molar-refractivity contribution in [2.45, 2.75) is 19.5 Å². The molecule has 1 aliphatic heterocycles. The van der Waals surface area contributed by atoms with Crippen molar-refractivity contribution in [2.24, 2.45) is 0 Å². The molecule has 1 saturated heterocycles. The molecule has 4 rings (SSSR count). The highest BCUT2D eigenvalue weighted by Gasteiger charge is 2.37. The van der Waals surface area contributed by atoms with Crippen LogP contribution in [0.2, 0.25) is 5.02 Å². The molecule has 180 valence electrons. The third-order valence-corrected chi connectivity index (χ3v) is 6.19. The topological polar surface area (TPSA) is 81.8 Å². The molecule has 1 aliphatic rings. The van der Waals surface area contributed by atoms with Crippen LogP contribution in [0.15, 0.2) is 78.9 Å². The Morgan fingerprint density at radius 3 is 2.29 bits per heavy atom. The van der Waals surface area contributed by atoms with E-state index in [9.17, 15) is 14.4 Å². The molecule has 8 heteroatoms. The fourth-order valence-electron chi connectivity index (χ4n) is 3.94. The van der Waals surface area contributed by atoms with E-state index in [0.29, 0.717) is 29.4 Å². The van der Waals surface area contributed by atoms with Crippen molar-refractivity contribution in [3.63, 3.8) is 0 Å². The van der Waals surface area contributed by atoms with Crippen LogP contribution in [0.4, 0.5) is 10.5 Å². The number of piperazine rings is 1. The van der Waals surface area contributed by atoms with Gasteiger partial charge in [0.15, 0.2) is 0 Å². The number of anilines is 1. The number of amides is 4. The highest BCUT2D eigenvalue weighted by atomic mass is 35.5. The molecule has 7 nitrogen and oxygen atoms in total. The van der Waals surface area contributed by atoms with Crippen LogP contribution < -0.4 is 10.6 Å². The average Bonchev–Trinajstić information content (AvgIpc) is 2.89. The molecule has 3 aromatic carbocycles. The maximum absolute atomic E-state index is 13.3. The molecule has 0 aromatic heterocycles. The Morgan fingerprint density at radius 1 is 0.914 bits per heavy atom. The molecule has 3 aromatic rings. The zero-order chi connectivity index (χ0) is 24.8. The monoisotopic (exact) mass is 490 g/mol. The SMILES string of the molecule is Cc1ccc(NC(=O)N2CCN(C(=O)c3ccc(Cl)cc3)C(C(=O)NCc3ccccc3)C2)cc1. The summed E-state index contributed by atoms with van der Waals surface area (Å²) < 4.78 is 0. The minimum absolute atomic E-state index is 0.0810. The van der Waals surface area contributed by atoms with Gasteiger partial charge in [0.1, 0.15) is 6.04 Å². The second-order valence-corrected chi connectivity index (χ2v) is 8.90. The van der Waals surface area contributed by atoms with Gasteiger partial charge in [0.05, 0.1) is 6.54 Å². The summed E-state index contributed by atoms with van der Waals surface area (Å²) in [7, 11) is 0. The summed E-state index contributed by atoms with van der Waals surface area (Å²) in [6.07, 6.45) is 0. The van der Waals surface area contributed by atoms with E-state index in [4.69, 9.17) is 11.6 Å². The predicted molar refractivity (Wildman–Crippen MR) is 136 cm³/mol. The molecule has 2 N–H and O–H groups in total. The Morgan fingerprint density at radius 2 is 1.60 bits per heavy atom. The predicted octanol–water partition coefficient (Wildman–Crippen LogP) is 4.32. The fourth-order valence-corrected chi connectivity index (χ4v) is 4.06. The first-order chi connectivity index (χ1) is 16.9. The van der Waals surface area contributed by atoms with E-state index in [1.165, 1.54) is 4.90 Å². The van der Waals surface area contributed by atoms with E-state index in [2.05, 4.69) is 10.6 Å². The largest absolute Gasteiger partial charge is 0.350 e. The quantitative estimate of drug-likeness (QED) is 0.558. The molecule has 0 radical (unpaired) electrons. The van der Waals surface area contributed by atoms with Crippen LogP contribution >= 0.6 is 11.6 Å². The van der Waals surface area contributed by atoms with Crippen molar-refractivity contribution in [1.29, 1.82) is 0 Å². The molecule has 0 spiro atoms. The van der Waals surface area contributed by atoms with E-state index < -0.39 is 6.04 Å². The summed E-state index contributed by atoms with van der Waals surface area (Å²) in [5.41, 5.74) is 3.15. The number of hydrogen-bond acceptors (Lipinski definition) is 3. The van der Waals surface area contributed by atoms with Gasteiger partial charge in [-0.2, -0.15) is 0 Å². The van der Waals surface area contributed by atoms with Gasteiger partial charge in [-0.05, 0) is 48.9 Å². The first-order valence-corrected chi connectivity index (χ1v) is 11.8. The van der Waals surface area contributed by atoms with Crippen LogP contribution in [0, 0.1) is 6.92 Å². The van der Waals surface area contributed by atoms with E-state index >= 15 is 0 Å². The molecule has 0 aliphatic carbocycles. The minimum atomic E-state index is -0.834. The third kappa shape index (κ3) is 6.19. The molecule has 0 saturated carbocycles. The zero-order valence-electron chi connectivity index (χ0n) is 19.4. The smallest absolute Gasteiger partial charge is 0.321 e. The average molecular weight is 491 g/mol. The minimum Gasteiger partial charge on any atom is -0.350 e. The van der Waals surface area contributed by atoms with Crippen molar-refractivity contribution < 1.29 is 14.4 Å². The summed E-state index contributed by atoms with van der Waals surface area (Å²) in [5, 5.41) is 6.32. The summed E-state index contributed by atoms with van der Waals surface area (Å²) in [6, 6.07) is 22.4. The number of halogens is 1. The fraction of sp³-hybridized carbons (Fsp3) is 0.222. The Kier molecular flexibility index (Phi) is 7.67. The van der Waals surface area contributed by atoms with E-state index in [1.807, 2.05) is 61.5 Å². The molecule has 35 heavy (non-hydrogen) atoms. The first kappa shape index (κ1) is 24.3. The second-order valence-electron chi connectivity index (χ2n) is 8.47. The lowest BCUT2D eigenvalue weighted by Gasteiger charge is -2.40. The maximum atomic E-state index is 13.3. The van der Waals surface area contributed by atoms with Crippen LogP contribution in [0.25, 0.3) is 0 Å². The lowest BCUT2D eigenvalue weighted by Crippen LogP contribution is -2.62. The van der Waals surface area contributed by atoms with E-state index in [-0.39, 0.29) is 30.9 Å². The molecule has 1 unspecified atom stereocenters. The zero-order valence-corrected chi connectivity index (χ0v) is 20.2. The maximum Gasteiger partial charge on any atom is 0.321 e. The van der Waals surface area contributed by atoms with Crippen molar-refractivity contribution in [2.75, 3.05) is 25.0 Å². The highest BCUT2D eigenvalue weighted by Crippen LogP contribution is 2.18. The van der Waals surface area contributed by atoms with Crippen LogP contribution in [-0.4, -0.2) is 53.3 Å². The second kappa shape index (κ2) is 11.1. The van der Waals surface area contributed by atoms with Crippen molar-refractivity contribution >= 4 is 35.1 Å². The van der Waals surface area contributed by atoms with Gasteiger partial charge >= 0.3 is 6.03 Å². The third-order valence-electron chi connectivity index (χ3n) is 5.93. The molecule has 4 amide bonds. The van der Waals surface area contributed by atoms with Gasteiger partial charge in [0, 0.05) is 35.9 Å². The van der Waals surface area contributed by atoms with E-state index in [1.54, 1.807) is 29.2 Å². The van der Waals surface area contributed by atoms with Gasteiger partial charge in [-0.15, -0.1) is 0 Å². The lowest BCUT2D eigenvalue weighted by molar-refractivity contribution is -0.127. The molecule has 1 fully saturated rings. The van der Waals surface area contributed by atoms with Gasteiger partial charge in [-0.25, -0.2) is 4.79 Å². The standard InChI is InChI=1S/C27H27ClN4O3/c1-19-7-13-23(14-8-19)30-27(35)31-15-16-32(26(34)21-9-11-22(28)12-10-21)24(18-31)25(33)29-17-20-5-3-2-4-6-20/h2-14,24H,15-18H2,1H3,(H,29,33)(H,30,35). The summed E-state index contributed by atoms with van der Waals surface area (Å²) in [4.78, 5) is 42.6. The number of nitrogens with one attached hydrogen (secondary N) is 2. The molecule has 1 heterocycles. The molecular weight excluding hydrogens is 464 g/mol. The number of carbonyl (C=O) groups is 3. The number of urea groups is 1. The van der Waals surface area contributed by atoms with E-state index in [0.717, 1.165) is 11.1 Å². The highest BCUT2D eigenvalue weighted by molar-refractivity contribution is 6.30. The Labute approximate surface area is 209 Å². The van der Waals surface area contributed by atoms with Gasteiger partial charge in [0.25, 0.3) is 5.91 Å². The van der Waals surface area contributed by atoms with Crippen LogP contribution in [0.1, 0.15) is 21.5 Å². The number of nitrogens with zero attached hydrogens (tertiary/aromatic N) is 2. The number of hydrogen-bond donors (Lipinski definition) is 2. The molecule has 1 atom stereocenters. The first-order valence-electron chi connectivity index (χ1n) is 11.4. The van der Waals surface area contributed by atoms with Gasteiger partial charge in [-0.3, -0.25) is 9.59 Å². The van der Waals surface area contributed by atoms with Crippen LogP contribution in [-0.2, 0) is 11.3 Å². The summed E-state index contributed by atoms with van der Waals surface area (Å²) >= 11 is 5.97. The number of benzene rings is 3. The van der Waals surface area contributed by atoms with Crippen LogP contribution in [0.3, 0.4) is 0 Å².